The average Bonchev–Trinajstić information content (AvgIpc) is 2.42. The van der Waals surface area contributed by atoms with Gasteiger partial charge >= 0.3 is 0 Å². The van der Waals surface area contributed by atoms with E-state index in [0.29, 0.717) is 16.8 Å². The summed E-state index contributed by atoms with van der Waals surface area (Å²) >= 11 is 0. The Morgan fingerprint density at radius 2 is 1.86 bits per heavy atom. The SMILES string of the molecule is Cc1cc(O)ccc1NC(=O)c1ccc(C)c([N+](=O)[O-])c1. The van der Waals surface area contributed by atoms with Crippen LogP contribution in [0.2, 0.25) is 0 Å². The smallest absolute Gasteiger partial charge is 0.273 e. The molecule has 0 spiro atoms. The molecule has 0 unspecified atom stereocenters. The van der Waals surface area contributed by atoms with Crippen LogP contribution in [-0.4, -0.2) is 15.9 Å². The minimum Gasteiger partial charge on any atom is -0.508 e. The highest BCUT2D eigenvalue weighted by Crippen LogP contribution is 2.23. The first kappa shape index (κ1) is 14.5. The van der Waals surface area contributed by atoms with Crippen molar-refractivity contribution in [3.05, 3.63) is 63.2 Å². The summed E-state index contributed by atoms with van der Waals surface area (Å²) in [7, 11) is 0. The molecular formula is C15H14N2O4. The second-order valence-electron chi connectivity index (χ2n) is 4.71. The molecule has 0 saturated heterocycles. The van der Waals surface area contributed by atoms with E-state index < -0.39 is 10.8 Å². The summed E-state index contributed by atoms with van der Waals surface area (Å²) in [6.45, 7) is 3.36. The van der Waals surface area contributed by atoms with Gasteiger partial charge < -0.3 is 10.4 Å². The lowest BCUT2D eigenvalue weighted by Crippen LogP contribution is -2.13. The molecule has 0 heterocycles. The van der Waals surface area contributed by atoms with Crippen LogP contribution in [0.25, 0.3) is 0 Å². The summed E-state index contributed by atoms with van der Waals surface area (Å²) in [5.41, 5.74) is 1.85. The second kappa shape index (κ2) is 5.62. The highest BCUT2D eigenvalue weighted by Gasteiger charge is 2.15. The molecule has 2 N–H and O–H groups in total. The van der Waals surface area contributed by atoms with Gasteiger partial charge in [-0.3, -0.25) is 14.9 Å². The van der Waals surface area contributed by atoms with Crippen molar-refractivity contribution in [3.8, 4) is 5.75 Å². The number of nitrogens with one attached hydrogen (secondary N) is 1. The molecule has 0 aromatic heterocycles. The number of nitrogens with zero attached hydrogens (tertiary/aromatic N) is 1. The molecule has 1 amide bonds. The normalized spacial score (nSPS) is 10.2. The van der Waals surface area contributed by atoms with Gasteiger partial charge in [0.15, 0.2) is 0 Å². The molecule has 0 saturated carbocycles. The van der Waals surface area contributed by atoms with E-state index in [1.165, 1.54) is 30.3 Å². The third kappa shape index (κ3) is 3.17. The third-order valence-corrected chi connectivity index (χ3v) is 3.13. The minimum atomic E-state index is -0.516. The summed E-state index contributed by atoms with van der Waals surface area (Å²) in [5.74, 6) is -0.330. The summed E-state index contributed by atoms with van der Waals surface area (Å²) in [6, 6.07) is 8.88. The first-order chi connectivity index (χ1) is 9.88. The summed E-state index contributed by atoms with van der Waals surface area (Å²) in [4.78, 5) is 22.5. The molecule has 108 valence electrons. The van der Waals surface area contributed by atoms with Crippen molar-refractivity contribution in [2.45, 2.75) is 13.8 Å². The maximum atomic E-state index is 12.1. The van der Waals surface area contributed by atoms with E-state index in [0.717, 1.165) is 0 Å². The molecule has 0 bridgehead atoms. The Morgan fingerprint density at radius 1 is 1.14 bits per heavy atom. The Labute approximate surface area is 121 Å². The van der Waals surface area contributed by atoms with Crippen molar-refractivity contribution < 1.29 is 14.8 Å². The number of carbonyl (C=O) groups is 1. The standard InChI is InChI=1S/C15H14N2O4/c1-9-3-4-11(8-14(9)17(20)21)15(19)16-13-6-5-12(18)7-10(13)2/h3-8,18H,1-2H3,(H,16,19). The molecule has 2 rings (SSSR count). The van der Waals surface area contributed by atoms with Crippen molar-refractivity contribution >= 4 is 17.3 Å². The van der Waals surface area contributed by atoms with E-state index in [1.54, 1.807) is 19.9 Å². The molecule has 0 aliphatic heterocycles. The van der Waals surface area contributed by atoms with Crippen molar-refractivity contribution in [2.75, 3.05) is 5.32 Å². The van der Waals surface area contributed by atoms with Crippen LogP contribution < -0.4 is 5.32 Å². The van der Waals surface area contributed by atoms with Crippen LogP contribution in [0.4, 0.5) is 11.4 Å². The summed E-state index contributed by atoms with van der Waals surface area (Å²) in [5, 5.41) is 22.9. The van der Waals surface area contributed by atoms with Gasteiger partial charge in [-0.25, -0.2) is 0 Å². The first-order valence-electron chi connectivity index (χ1n) is 6.24. The Hall–Kier alpha value is -2.89. The maximum absolute atomic E-state index is 12.1. The fourth-order valence-electron chi connectivity index (χ4n) is 1.93. The molecular weight excluding hydrogens is 272 g/mol. The lowest BCUT2D eigenvalue weighted by atomic mass is 10.1. The molecule has 0 atom stereocenters. The van der Waals surface area contributed by atoms with Crippen molar-refractivity contribution in [1.82, 2.24) is 0 Å². The summed E-state index contributed by atoms with van der Waals surface area (Å²) in [6.07, 6.45) is 0. The molecule has 0 aliphatic rings. The number of hydrogen-bond donors (Lipinski definition) is 2. The van der Waals surface area contributed by atoms with Crippen LogP contribution in [0, 0.1) is 24.0 Å². The Balaban J connectivity index is 2.28. The molecule has 0 fully saturated rings. The number of phenols is 1. The van der Waals surface area contributed by atoms with Crippen molar-refractivity contribution in [2.24, 2.45) is 0 Å². The Bertz CT molecular complexity index is 726. The van der Waals surface area contributed by atoms with Crippen molar-refractivity contribution in [3.63, 3.8) is 0 Å². The topological polar surface area (TPSA) is 92.5 Å². The Morgan fingerprint density at radius 3 is 2.48 bits per heavy atom. The van der Waals surface area contributed by atoms with Crippen LogP contribution in [0.15, 0.2) is 36.4 Å². The van der Waals surface area contributed by atoms with Gasteiger partial charge in [0, 0.05) is 22.9 Å². The van der Waals surface area contributed by atoms with Gasteiger partial charge in [0.05, 0.1) is 4.92 Å². The van der Waals surface area contributed by atoms with E-state index in [9.17, 15) is 20.0 Å². The lowest BCUT2D eigenvalue weighted by molar-refractivity contribution is -0.385. The van der Waals surface area contributed by atoms with Crippen molar-refractivity contribution in [1.29, 1.82) is 0 Å². The number of benzene rings is 2. The molecule has 0 aliphatic carbocycles. The molecule has 6 nitrogen and oxygen atoms in total. The molecule has 21 heavy (non-hydrogen) atoms. The molecule has 2 aromatic carbocycles. The zero-order valence-electron chi connectivity index (χ0n) is 11.6. The minimum absolute atomic E-state index is 0.0925. The van der Waals surface area contributed by atoms with Gasteiger partial charge in [0.25, 0.3) is 11.6 Å². The molecule has 2 aromatic rings. The quantitative estimate of drug-likeness (QED) is 0.515. The van der Waals surface area contributed by atoms with Crippen LogP contribution >= 0.6 is 0 Å². The molecule has 0 radical (unpaired) electrons. The number of anilines is 1. The van der Waals surface area contributed by atoms with E-state index in [-0.39, 0.29) is 17.0 Å². The number of rotatable bonds is 3. The average molecular weight is 286 g/mol. The zero-order valence-corrected chi connectivity index (χ0v) is 11.6. The van der Waals surface area contributed by atoms with E-state index in [1.807, 2.05) is 0 Å². The number of amides is 1. The number of aromatic hydroxyl groups is 1. The number of phenolic OH excluding ortho intramolecular Hbond substituents is 1. The van der Waals surface area contributed by atoms with E-state index >= 15 is 0 Å². The second-order valence-corrected chi connectivity index (χ2v) is 4.71. The fourth-order valence-corrected chi connectivity index (χ4v) is 1.93. The van der Waals surface area contributed by atoms with Gasteiger partial charge in [-0.1, -0.05) is 6.07 Å². The third-order valence-electron chi connectivity index (χ3n) is 3.13. The van der Waals surface area contributed by atoms with Crippen LogP contribution in [0.1, 0.15) is 21.5 Å². The van der Waals surface area contributed by atoms with Gasteiger partial charge in [0.2, 0.25) is 0 Å². The van der Waals surface area contributed by atoms with Crippen LogP contribution in [-0.2, 0) is 0 Å². The van der Waals surface area contributed by atoms with Crippen LogP contribution in [0.3, 0.4) is 0 Å². The highest BCUT2D eigenvalue weighted by molar-refractivity contribution is 6.05. The maximum Gasteiger partial charge on any atom is 0.273 e. The van der Waals surface area contributed by atoms with Gasteiger partial charge in [0.1, 0.15) is 5.75 Å². The number of carbonyl (C=O) groups excluding carboxylic acids is 1. The fraction of sp³-hybridized carbons (Fsp3) is 0.133. The van der Waals surface area contributed by atoms with E-state index in [4.69, 9.17) is 0 Å². The highest BCUT2D eigenvalue weighted by atomic mass is 16.6. The number of nitro groups is 1. The predicted molar refractivity (Wildman–Crippen MR) is 78.6 cm³/mol. The number of aryl methyl sites for hydroxylation is 2. The van der Waals surface area contributed by atoms with E-state index in [2.05, 4.69) is 5.32 Å². The summed E-state index contributed by atoms with van der Waals surface area (Å²) < 4.78 is 0. The predicted octanol–water partition coefficient (Wildman–Crippen LogP) is 3.17. The lowest BCUT2D eigenvalue weighted by Gasteiger charge is -2.09. The number of hydrogen-bond acceptors (Lipinski definition) is 4. The van der Waals surface area contributed by atoms with Gasteiger partial charge in [-0.05, 0) is 43.7 Å². The molecule has 6 heteroatoms. The number of nitro benzene ring substituents is 1. The van der Waals surface area contributed by atoms with Gasteiger partial charge in [-0.15, -0.1) is 0 Å². The first-order valence-corrected chi connectivity index (χ1v) is 6.24. The zero-order chi connectivity index (χ0) is 15.6. The largest absolute Gasteiger partial charge is 0.508 e. The monoisotopic (exact) mass is 286 g/mol. The van der Waals surface area contributed by atoms with Crippen LogP contribution in [0.5, 0.6) is 5.75 Å². The Kier molecular flexibility index (Phi) is 3.89. The van der Waals surface area contributed by atoms with Gasteiger partial charge in [-0.2, -0.15) is 0 Å².